The fraction of sp³-hybridized carbons (Fsp3) is 0.263. The van der Waals surface area contributed by atoms with Crippen LogP contribution in [0.2, 0.25) is 0 Å². The van der Waals surface area contributed by atoms with E-state index in [1.165, 1.54) is 18.2 Å². The van der Waals surface area contributed by atoms with Crippen molar-refractivity contribution in [3.63, 3.8) is 0 Å². The van der Waals surface area contributed by atoms with Crippen molar-refractivity contribution in [2.24, 2.45) is 0 Å². The molecule has 3 heterocycles. The molecule has 144 valence electrons. The van der Waals surface area contributed by atoms with Gasteiger partial charge in [0.15, 0.2) is 0 Å². The molecule has 0 amide bonds. The van der Waals surface area contributed by atoms with Gasteiger partial charge in [-0.3, -0.25) is 9.78 Å². The summed E-state index contributed by atoms with van der Waals surface area (Å²) >= 11 is 0. The van der Waals surface area contributed by atoms with Crippen molar-refractivity contribution in [3.8, 4) is 11.3 Å². The molecule has 0 bridgehead atoms. The first kappa shape index (κ1) is 18.1. The monoisotopic (exact) mass is 382 g/mol. The highest BCUT2D eigenvalue weighted by Gasteiger charge is 2.16. The fourth-order valence-electron chi connectivity index (χ4n) is 2.95. The molecule has 1 aromatic carbocycles. The van der Waals surface area contributed by atoms with Crippen molar-refractivity contribution in [2.45, 2.75) is 6.92 Å². The lowest BCUT2D eigenvalue weighted by molar-refractivity contribution is 0.122. The number of nitrogens with one attached hydrogen (secondary N) is 2. The van der Waals surface area contributed by atoms with E-state index in [9.17, 15) is 9.18 Å². The summed E-state index contributed by atoms with van der Waals surface area (Å²) in [5.41, 5.74) is 2.15. The summed E-state index contributed by atoms with van der Waals surface area (Å²) in [5, 5.41) is 2.97. The predicted molar refractivity (Wildman–Crippen MR) is 103 cm³/mol. The Morgan fingerprint density at radius 2 is 1.93 bits per heavy atom. The van der Waals surface area contributed by atoms with Crippen molar-refractivity contribution in [1.82, 2.24) is 19.9 Å². The van der Waals surface area contributed by atoms with Gasteiger partial charge >= 0.3 is 0 Å². The van der Waals surface area contributed by atoms with E-state index < -0.39 is 0 Å². The lowest BCUT2D eigenvalue weighted by Gasteiger charge is -2.27. The minimum atomic E-state index is -0.339. The number of aromatic amines is 1. The van der Waals surface area contributed by atoms with E-state index in [1.807, 2.05) is 6.92 Å². The van der Waals surface area contributed by atoms with Crippen LogP contribution in [0.5, 0.6) is 0 Å². The zero-order chi connectivity index (χ0) is 19.5. The number of anilines is 3. The van der Waals surface area contributed by atoms with Crippen molar-refractivity contribution < 1.29 is 9.13 Å². The maximum Gasteiger partial charge on any atom is 0.252 e. The standard InChI is InChI=1S/C19H19FN6O2/c1-12-15(11-21-19(22-12)26-6-8-28-9-7-26)16-10-17(27)25-18(24-16)23-14-4-2-13(20)3-5-14/h2-5,10-11H,6-9H2,1H3,(H2,23,24,25,27). The van der Waals surface area contributed by atoms with Crippen LogP contribution in [0.1, 0.15) is 5.69 Å². The fourth-order valence-corrected chi connectivity index (χ4v) is 2.95. The zero-order valence-electron chi connectivity index (χ0n) is 15.3. The minimum absolute atomic E-state index is 0.255. The molecule has 28 heavy (non-hydrogen) atoms. The molecular formula is C19H19FN6O2. The van der Waals surface area contributed by atoms with Crippen LogP contribution in [-0.2, 0) is 4.74 Å². The van der Waals surface area contributed by atoms with Gasteiger partial charge in [0.25, 0.3) is 5.56 Å². The van der Waals surface area contributed by atoms with Crippen LogP contribution >= 0.6 is 0 Å². The van der Waals surface area contributed by atoms with Crippen LogP contribution in [0.15, 0.2) is 41.3 Å². The number of hydrogen-bond donors (Lipinski definition) is 2. The highest BCUT2D eigenvalue weighted by molar-refractivity contribution is 5.64. The number of aryl methyl sites for hydroxylation is 1. The van der Waals surface area contributed by atoms with Crippen LogP contribution in [0.4, 0.5) is 22.0 Å². The number of H-pyrrole nitrogens is 1. The number of nitrogens with zero attached hydrogens (tertiary/aromatic N) is 4. The Hall–Kier alpha value is -3.33. The quantitative estimate of drug-likeness (QED) is 0.714. The van der Waals surface area contributed by atoms with Gasteiger partial charge in [0, 0.05) is 36.6 Å². The lowest BCUT2D eigenvalue weighted by Crippen LogP contribution is -2.37. The molecule has 0 aliphatic carbocycles. The number of ether oxygens (including phenoxy) is 1. The summed E-state index contributed by atoms with van der Waals surface area (Å²) in [6.07, 6.45) is 1.68. The van der Waals surface area contributed by atoms with Crippen LogP contribution in [0.3, 0.4) is 0 Å². The summed E-state index contributed by atoms with van der Waals surface area (Å²) in [6.45, 7) is 4.65. The molecule has 2 aromatic heterocycles. The summed E-state index contributed by atoms with van der Waals surface area (Å²) in [6, 6.07) is 7.18. The first-order valence-electron chi connectivity index (χ1n) is 8.89. The van der Waals surface area contributed by atoms with Gasteiger partial charge in [0.1, 0.15) is 5.82 Å². The maximum absolute atomic E-state index is 13.1. The van der Waals surface area contributed by atoms with Crippen molar-refractivity contribution in [2.75, 3.05) is 36.5 Å². The molecule has 1 aliphatic rings. The molecule has 0 saturated carbocycles. The van der Waals surface area contributed by atoms with Gasteiger partial charge in [-0.25, -0.2) is 19.3 Å². The van der Waals surface area contributed by atoms with Gasteiger partial charge in [-0.2, -0.15) is 0 Å². The molecule has 0 radical (unpaired) electrons. The van der Waals surface area contributed by atoms with Crippen LogP contribution in [0.25, 0.3) is 11.3 Å². The van der Waals surface area contributed by atoms with Gasteiger partial charge in [0.05, 0.1) is 24.6 Å². The largest absolute Gasteiger partial charge is 0.378 e. The molecule has 9 heteroatoms. The molecule has 1 fully saturated rings. The smallest absolute Gasteiger partial charge is 0.252 e. The normalized spacial score (nSPS) is 14.1. The Morgan fingerprint density at radius 3 is 2.64 bits per heavy atom. The summed E-state index contributed by atoms with van der Waals surface area (Å²) in [4.78, 5) is 30.2. The Kier molecular flexibility index (Phi) is 4.98. The molecule has 1 saturated heterocycles. The number of aromatic nitrogens is 4. The van der Waals surface area contributed by atoms with E-state index >= 15 is 0 Å². The van der Waals surface area contributed by atoms with Gasteiger partial charge in [0.2, 0.25) is 11.9 Å². The Labute approximate surface area is 160 Å². The number of rotatable bonds is 4. The molecule has 3 aromatic rings. The topological polar surface area (TPSA) is 96.0 Å². The molecule has 0 spiro atoms. The molecule has 2 N–H and O–H groups in total. The third-order valence-electron chi connectivity index (χ3n) is 4.39. The summed E-state index contributed by atoms with van der Waals surface area (Å²) in [5.74, 6) is 0.554. The molecule has 4 rings (SSSR count). The third kappa shape index (κ3) is 3.99. The highest BCUT2D eigenvalue weighted by atomic mass is 19.1. The number of benzene rings is 1. The average molecular weight is 382 g/mol. The van der Waals surface area contributed by atoms with E-state index in [0.29, 0.717) is 36.1 Å². The first-order chi connectivity index (χ1) is 13.6. The maximum atomic E-state index is 13.1. The SMILES string of the molecule is Cc1nc(N2CCOCC2)ncc1-c1cc(=O)[nH]c(Nc2ccc(F)cc2)n1. The predicted octanol–water partition coefficient (Wildman–Crippen LogP) is 2.25. The highest BCUT2D eigenvalue weighted by Crippen LogP contribution is 2.22. The van der Waals surface area contributed by atoms with Gasteiger partial charge in [-0.15, -0.1) is 0 Å². The second kappa shape index (κ2) is 7.73. The molecule has 0 unspecified atom stereocenters. The molecule has 1 aliphatic heterocycles. The third-order valence-corrected chi connectivity index (χ3v) is 4.39. The molecule has 0 atom stereocenters. The van der Waals surface area contributed by atoms with Gasteiger partial charge < -0.3 is 15.0 Å². The van der Waals surface area contributed by atoms with Gasteiger partial charge in [-0.1, -0.05) is 0 Å². The molecular weight excluding hydrogens is 363 g/mol. The summed E-state index contributed by atoms with van der Waals surface area (Å²) in [7, 11) is 0. The number of halogens is 1. The summed E-state index contributed by atoms with van der Waals surface area (Å²) < 4.78 is 18.4. The first-order valence-corrected chi connectivity index (χ1v) is 8.89. The number of hydrogen-bond acceptors (Lipinski definition) is 7. The van der Waals surface area contributed by atoms with Crippen LogP contribution in [0, 0.1) is 12.7 Å². The van der Waals surface area contributed by atoms with Gasteiger partial charge in [-0.05, 0) is 31.2 Å². The van der Waals surface area contributed by atoms with Crippen LogP contribution < -0.4 is 15.8 Å². The number of morpholine rings is 1. The van der Waals surface area contributed by atoms with E-state index in [-0.39, 0.29) is 17.3 Å². The van der Waals surface area contributed by atoms with Crippen molar-refractivity contribution in [3.05, 3.63) is 58.4 Å². The zero-order valence-corrected chi connectivity index (χ0v) is 15.3. The van der Waals surface area contributed by atoms with Crippen molar-refractivity contribution >= 4 is 17.6 Å². The second-order valence-corrected chi connectivity index (χ2v) is 6.38. The Morgan fingerprint density at radius 1 is 1.18 bits per heavy atom. The van der Waals surface area contributed by atoms with E-state index in [0.717, 1.165) is 18.8 Å². The second-order valence-electron chi connectivity index (χ2n) is 6.38. The van der Waals surface area contributed by atoms with E-state index in [4.69, 9.17) is 4.74 Å². The van der Waals surface area contributed by atoms with E-state index in [1.54, 1.807) is 18.3 Å². The molecule has 8 nitrogen and oxygen atoms in total. The van der Waals surface area contributed by atoms with Crippen LogP contribution in [-0.4, -0.2) is 46.2 Å². The minimum Gasteiger partial charge on any atom is -0.378 e. The van der Waals surface area contributed by atoms with Crippen molar-refractivity contribution in [1.29, 1.82) is 0 Å². The Bertz CT molecular complexity index is 1030. The lowest BCUT2D eigenvalue weighted by atomic mass is 10.2. The Balaban J connectivity index is 1.62. The van der Waals surface area contributed by atoms with E-state index in [2.05, 4.69) is 30.2 Å². The average Bonchev–Trinajstić information content (AvgIpc) is 2.70.